The summed E-state index contributed by atoms with van der Waals surface area (Å²) in [5.41, 5.74) is 1.26. The first-order valence-electron chi connectivity index (χ1n) is 10.1. The number of aliphatic hydroxyl groups is 1. The molecular formula is C23H29ClN2O3. The van der Waals surface area contributed by atoms with Crippen LogP contribution < -0.4 is 10.1 Å². The van der Waals surface area contributed by atoms with E-state index in [1.807, 2.05) is 42.2 Å². The molecule has 0 bridgehead atoms. The quantitative estimate of drug-likeness (QED) is 0.693. The van der Waals surface area contributed by atoms with Gasteiger partial charge in [0.05, 0.1) is 11.6 Å². The Morgan fingerprint density at radius 2 is 2.07 bits per heavy atom. The number of ether oxygens (including phenoxy) is 1. The zero-order chi connectivity index (χ0) is 20.7. The Morgan fingerprint density at radius 1 is 1.28 bits per heavy atom. The molecule has 0 aromatic heterocycles. The third-order valence-electron chi connectivity index (χ3n) is 5.16. The molecule has 2 aromatic carbocycles. The molecule has 6 heteroatoms. The van der Waals surface area contributed by atoms with Crippen LogP contribution >= 0.6 is 11.6 Å². The highest BCUT2D eigenvalue weighted by atomic mass is 35.5. The van der Waals surface area contributed by atoms with Crippen molar-refractivity contribution in [2.75, 3.05) is 32.8 Å². The number of hydrogen-bond donors (Lipinski definition) is 2. The number of amides is 1. The number of aryl methyl sites for hydroxylation is 1. The zero-order valence-corrected chi connectivity index (χ0v) is 17.6. The molecule has 3 rings (SSSR count). The summed E-state index contributed by atoms with van der Waals surface area (Å²) in [5, 5.41) is 14.5. The summed E-state index contributed by atoms with van der Waals surface area (Å²) in [6.07, 6.45) is 2.27. The third-order valence-corrected chi connectivity index (χ3v) is 5.48. The first-order chi connectivity index (χ1) is 13.9. The van der Waals surface area contributed by atoms with Crippen molar-refractivity contribution in [3.05, 3.63) is 64.7 Å². The number of carbonyl (C=O) groups excluding carboxylic acids is 1. The molecule has 1 aliphatic rings. The molecule has 29 heavy (non-hydrogen) atoms. The molecule has 0 radical (unpaired) electrons. The molecule has 0 saturated carbocycles. The highest BCUT2D eigenvalue weighted by Crippen LogP contribution is 2.28. The smallest absolute Gasteiger partial charge is 0.234 e. The molecule has 1 heterocycles. The second kappa shape index (κ2) is 10.1. The number of carbonyl (C=O) groups is 1. The van der Waals surface area contributed by atoms with Gasteiger partial charge in [0.2, 0.25) is 5.91 Å². The molecule has 1 saturated heterocycles. The summed E-state index contributed by atoms with van der Waals surface area (Å²) in [6, 6.07) is 15.7. The highest BCUT2D eigenvalue weighted by molar-refractivity contribution is 6.32. The van der Waals surface area contributed by atoms with Crippen molar-refractivity contribution in [3.8, 4) is 5.75 Å². The molecule has 1 amide bonds. The minimum Gasteiger partial charge on any atom is -0.489 e. The molecule has 0 spiro atoms. The van der Waals surface area contributed by atoms with Crippen molar-refractivity contribution >= 4 is 17.5 Å². The normalized spacial score (nSPS) is 19.7. The van der Waals surface area contributed by atoms with Gasteiger partial charge in [0.15, 0.2) is 0 Å². The van der Waals surface area contributed by atoms with E-state index >= 15 is 0 Å². The molecule has 2 N–H and O–H groups in total. The Morgan fingerprint density at radius 3 is 2.86 bits per heavy atom. The van der Waals surface area contributed by atoms with Crippen LogP contribution in [0, 0.1) is 6.92 Å². The van der Waals surface area contributed by atoms with Gasteiger partial charge in [-0.1, -0.05) is 48.0 Å². The number of β-amino-alcohol motifs (C(OH)–C–C–N with tert-alkyl or cyclic N) is 1. The average molecular weight is 417 g/mol. The Bertz CT molecular complexity index is 815. The molecule has 5 nitrogen and oxygen atoms in total. The van der Waals surface area contributed by atoms with Gasteiger partial charge in [0.1, 0.15) is 18.0 Å². The number of rotatable bonds is 8. The topological polar surface area (TPSA) is 61.8 Å². The minimum atomic E-state index is -0.990. The molecule has 0 aliphatic carbocycles. The summed E-state index contributed by atoms with van der Waals surface area (Å²) < 4.78 is 5.82. The maximum absolute atomic E-state index is 12.3. The standard InChI is InChI=1S/C23H29ClN2O3/c1-18-8-9-20(24)21(14-18)29-17-23(28)11-5-13-26(16-23)15-22(27)25-12-10-19-6-3-2-4-7-19/h2-4,6-9,14,28H,5,10-13,15-17H2,1H3,(H,25,27)/t23-/m0/s1. The van der Waals surface area contributed by atoms with Crippen LogP contribution in [0.2, 0.25) is 5.02 Å². The van der Waals surface area contributed by atoms with Crippen LogP contribution in [-0.2, 0) is 11.2 Å². The minimum absolute atomic E-state index is 0.0205. The lowest BCUT2D eigenvalue weighted by molar-refractivity contribution is -0.124. The van der Waals surface area contributed by atoms with E-state index in [1.54, 1.807) is 6.07 Å². The second-order valence-electron chi connectivity index (χ2n) is 7.85. The Balaban J connectivity index is 1.45. The second-order valence-corrected chi connectivity index (χ2v) is 8.25. The Hall–Kier alpha value is -2.08. The van der Waals surface area contributed by atoms with Crippen LogP contribution in [-0.4, -0.2) is 54.3 Å². The van der Waals surface area contributed by atoms with Gasteiger partial charge in [-0.25, -0.2) is 0 Å². The largest absolute Gasteiger partial charge is 0.489 e. The van der Waals surface area contributed by atoms with E-state index in [1.165, 1.54) is 5.56 Å². The molecule has 1 fully saturated rings. The van der Waals surface area contributed by atoms with Gasteiger partial charge in [-0.3, -0.25) is 9.69 Å². The van der Waals surface area contributed by atoms with Crippen molar-refractivity contribution < 1.29 is 14.6 Å². The van der Waals surface area contributed by atoms with Gasteiger partial charge < -0.3 is 15.2 Å². The fourth-order valence-corrected chi connectivity index (χ4v) is 3.81. The summed E-state index contributed by atoms with van der Waals surface area (Å²) in [7, 11) is 0. The van der Waals surface area contributed by atoms with E-state index in [9.17, 15) is 9.90 Å². The highest BCUT2D eigenvalue weighted by Gasteiger charge is 2.35. The average Bonchev–Trinajstić information content (AvgIpc) is 2.69. The van der Waals surface area contributed by atoms with E-state index < -0.39 is 5.60 Å². The van der Waals surface area contributed by atoms with E-state index in [2.05, 4.69) is 17.4 Å². The lowest BCUT2D eigenvalue weighted by Gasteiger charge is -2.38. The van der Waals surface area contributed by atoms with Crippen molar-refractivity contribution in [3.63, 3.8) is 0 Å². The van der Waals surface area contributed by atoms with Crippen LogP contribution in [0.3, 0.4) is 0 Å². The third kappa shape index (κ3) is 6.74. The predicted molar refractivity (Wildman–Crippen MR) is 115 cm³/mol. The zero-order valence-electron chi connectivity index (χ0n) is 16.9. The lowest BCUT2D eigenvalue weighted by atomic mass is 9.93. The Kier molecular flexibility index (Phi) is 7.53. The van der Waals surface area contributed by atoms with Crippen LogP contribution in [0.4, 0.5) is 0 Å². The number of piperidine rings is 1. The maximum atomic E-state index is 12.3. The monoisotopic (exact) mass is 416 g/mol. The first-order valence-corrected chi connectivity index (χ1v) is 10.5. The first kappa shape index (κ1) is 21.6. The van der Waals surface area contributed by atoms with E-state index in [4.69, 9.17) is 16.3 Å². The van der Waals surface area contributed by atoms with Gasteiger partial charge in [-0.05, 0) is 56.0 Å². The van der Waals surface area contributed by atoms with Crippen molar-refractivity contribution in [2.24, 2.45) is 0 Å². The summed E-state index contributed by atoms with van der Waals surface area (Å²) in [5.74, 6) is 0.559. The fraction of sp³-hybridized carbons (Fsp3) is 0.435. The van der Waals surface area contributed by atoms with Crippen LogP contribution in [0.5, 0.6) is 5.75 Å². The van der Waals surface area contributed by atoms with Gasteiger partial charge in [-0.15, -0.1) is 0 Å². The summed E-state index contributed by atoms with van der Waals surface area (Å²) in [4.78, 5) is 14.3. The van der Waals surface area contributed by atoms with Crippen molar-refractivity contribution in [1.82, 2.24) is 10.2 Å². The summed E-state index contributed by atoms with van der Waals surface area (Å²) in [6.45, 7) is 4.21. The molecule has 1 aliphatic heterocycles. The van der Waals surface area contributed by atoms with Crippen LogP contribution in [0.15, 0.2) is 48.5 Å². The van der Waals surface area contributed by atoms with Crippen molar-refractivity contribution in [2.45, 2.75) is 31.8 Å². The van der Waals surface area contributed by atoms with Crippen molar-refractivity contribution in [1.29, 1.82) is 0 Å². The Labute approximate surface area is 177 Å². The number of nitrogens with one attached hydrogen (secondary N) is 1. The van der Waals surface area contributed by atoms with Gasteiger partial charge >= 0.3 is 0 Å². The van der Waals surface area contributed by atoms with Crippen LogP contribution in [0.1, 0.15) is 24.0 Å². The number of halogens is 1. The predicted octanol–water partition coefficient (Wildman–Crippen LogP) is 3.21. The SMILES string of the molecule is Cc1ccc(Cl)c(OC[C@]2(O)CCCN(CC(=O)NCCc3ccccc3)C2)c1. The molecule has 0 unspecified atom stereocenters. The molecule has 1 atom stereocenters. The van der Waals surface area contributed by atoms with E-state index in [0.29, 0.717) is 30.3 Å². The number of benzene rings is 2. The molecule has 156 valence electrons. The van der Waals surface area contributed by atoms with E-state index in [0.717, 1.165) is 24.9 Å². The maximum Gasteiger partial charge on any atom is 0.234 e. The fourth-order valence-electron chi connectivity index (χ4n) is 3.64. The summed E-state index contributed by atoms with van der Waals surface area (Å²) >= 11 is 6.18. The van der Waals surface area contributed by atoms with E-state index in [-0.39, 0.29) is 19.1 Å². The van der Waals surface area contributed by atoms with Crippen LogP contribution in [0.25, 0.3) is 0 Å². The van der Waals surface area contributed by atoms with Gasteiger partial charge in [0, 0.05) is 13.1 Å². The number of likely N-dealkylation sites (tertiary alicyclic amines) is 1. The lowest BCUT2D eigenvalue weighted by Crippen LogP contribution is -2.53. The number of hydrogen-bond acceptors (Lipinski definition) is 4. The molecular weight excluding hydrogens is 388 g/mol. The van der Waals surface area contributed by atoms with Gasteiger partial charge in [0.25, 0.3) is 0 Å². The number of nitrogens with zero attached hydrogens (tertiary/aromatic N) is 1. The molecule has 2 aromatic rings. The van der Waals surface area contributed by atoms with Gasteiger partial charge in [-0.2, -0.15) is 0 Å².